The van der Waals surface area contributed by atoms with Crippen LogP contribution in [0, 0.1) is 5.92 Å². The summed E-state index contributed by atoms with van der Waals surface area (Å²) in [6.07, 6.45) is 1.75. The molecule has 2 bridgehead atoms. The van der Waals surface area contributed by atoms with Crippen molar-refractivity contribution in [3.8, 4) is 16.9 Å². The Labute approximate surface area is 147 Å². The molecule has 3 heterocycles. The summed E-state index contributed by atoms with van der Waals surface area (Å²) in [6.45, 7) is 3.06. The smallest absolute Gasteiger partial charge is 0.411 e. The predicted molar refractivity (Wildman–Crippen MR) is 96.6 cm³/mol. The van der Waals surface area contributed by atoms with Crippen LogP contribution in [-0.4, -0.2) is 41.8 Å². The first-order valence-corrected chi connectivity index (χ1v) is 8.78. The first kappa shape index (κ1) is 16.0. The van der Waals surface area contributed by atoms with Crippen LogP contribution in [0.5, 0.6) is 5.75 Å². The fourth-order valence-corrected chi connectivity index (χ4v) is 3.85. The van der Waals surface area contributed by atoms with Crippen LogP contribution in [0.3, 0.4) is 0 Å². The lowest BCUT2D eigenvalue weighted by Crippen LogP contribution is -2.52. The summed E-state index contributed by atoms with van der Waals surface area (Å²) < 4.78 is 5.70. The van der Waals surface area contributed by atoms with E-state index in [2.05, 4.69) is 10.2 Å². The van der Waals surface area contributed by atoms with Crippen molar-refractivity contribution in [3.05, 3.63) is 48.5 Å². The summed E-state index contributed by atoms with van der Waals surface area (Å²) in [5, 5.41) is 13.0. The van der Waals surface area contributed by atoms with E-state index < -0.39 is 6.09 Å². The Bertz CT molecular complexity index is 769. The number of para-hydroxylation sites is 2. The third-order valence-electron chi connectivity index (χ3n) is 5.21. The lowest BCUT2D eigenvalue weighted by Gasteiger charge is -2.43. The summed E-state index contributed by atoms with van der Waals surface area (Å²) in [4.78, 5) is 14.8. The van der Waals surface area contributed by atoms with Gasteiger partial charge in [-0.05, 0) is 44.0 Å². The number of hydrogen-bond acceptors (Lipinski definition) is 4. The van der Waals surface area contributed by atoms with E-state index in [4.69, 9.17) is 4.74 Å². The van der Waals surface area contributed by atoms with E-state index in [1.807, 2.05) is 36.4 Å². The van der Waals surface area contributed by atoms with Gasteiger partial charge in [-0.1, -0.05) is 36.4 Å². The molecule has 3 saturated heterocycles. The molecular formula is C20H22N2O3. The van der Waals surface area contributed by atoms with Crippen LogP contribution in [0.15, 0.2) is 48.5 Å². The first-order valence-electron chi connectivity index (χ1n) is 8.78. The number of fused-ring (bicyclic) bond motifs is 3. The lowest BCUT2D eigenvalue weighted by molar-refractivity contribution is -0.0289. The van der Waals surface area contributed by atoms with Gasteiger partial charge in [-0.3, -0.25) is 10.2 Å². The van der Waals surface area contributed by atoms with Crippen molar-refractivity contribution in [2.75, 3.05) is 25.0 Å². The molecule has 3 aliphatic heterocycles. The van der Waals surface area contributed by atoms with Crippen LogP contribution in [-0.2, 0) is 4.74 Å². The van der Waals surface area contributed by atoms with E-state index in [9.17, 15) is 9.90 Å². The van der Waals surface area contributed by atoms with Crippen LogP contribution in [0.4, 0.5) is 10.5 Å². The Morgan fingerprint density at radius 2 is 1.72 bits per heavy atom. The number of piperidine rings is 3. The lowest BCUT2D eigenvalue weighted by atomic mass is 9.86. The van der Waals surface area contributed by atoms with Gasteiger partial charge in [-0.15, -0.1) is 0 Å². The van der Waals surface area contributed by atoms with Gasteiger partial charge >= 0.3 is 6.09 Å². The van der Waals surface area contributed by atoms with Crippen LogP contribution < -0.4 is 5.32 Å². The molecule has 2 aromatic rings. The number of anilines is 1. The Kier molecular flexibility index (Phi) is 4.32. The highest BCUT2D eigenvalue weighted by Crippen LogP contribution is 2.34. The molecule has 2 N–H and O–H groups in total. The predicted octanol–water partition coefficient (Wildman–Crippen LogP) is 3.70. The largest absolute Gasteiger partial charge is 0.507 e. The van der Waals surface area contributed by atoms with Gasteiger partial charge < -0.3 is 9.84 Å². The normalized spacial score (nSPS) is 24.7. The molecule has 5 nitrogen and oxygen atoms in total. The zero-order chi connectivity index (χ0) is 17.2. The summed E-state index contributed by atoms with van der Waals surface area (Å²) in [5.41, 5.74) is 2.09. The molecule has 25 heavy (non-hydrogen) atoms. The summed E-state index contributed by atoms with van der Waals surface area (Å²) in [5.74, 6) is 0.659. The molecule has 3 aliphatic rings. The molecule has 0 aliphatic carbocycles. The highest BCUT2D eigenvalue weighted by molar-refractivity contribution is 5.92. The van der Waals surface area contributed by atoms with Crippen molar-refractivity contribution in [1.29, 1.82) is 0 Å². The number of phenolic OH excluding ortho intramolecular Hbond substituents is 1. The number of nitrogens with zero attached hydrogens (tertiary/aromatic N) is 1. The van der Waals surface area contributed by atoms with Gasteiger partial charge in [0.2, 0.25) is 0 Å². The zero-order valence-electron chi connectivity index (χ0n) is 14.0. The molecule has 0 saturated carbocycles. The maximum Gasteiger partial charge on any atom is 0.411 e. The summed E-state index contributed by atoms with van der Waals surface area (Å²) in [6, 6.07) is 14.5. The number of rotatable bonds is 3. The van der Waals surface area contributed by atoms with Gasteiger partial charge in [-0.2, -0.15) is 0 Å². The van der Waals surface area contributed by atoms with Gasteiger partial charge in [-0.25, -0.2) is 4.79 Å². The average Bonchev–Trinajstić information content (AvgIpc) is 2.64. The molecule has 5 rings (SSSR count). The van der Waals surface area contributed by atoms with Gasteiger partial charge in [0.1, 0.15) is 11.9 Å². The number of carbonyl (C=O) groups excluding carboxylic acids is 1. The molecule has 1 atom stereocenters. The third-order valence-corrected chi connectivity index (χ3v) is 5.21. The molecule has 0 radical (unpaired) electrons. The first-order chi connectivity index (χ1) is 12.2. The van der Waals surface area contributed by atoms with E-state index in [0.717, 1.165) is 38.0 Å². The molecule has 0 aromatic heterocycles. The summed E-state index contributed by atoms with van der Waals surface area (Å²) >= 11 is 0. The minimum atomic E-state index is -0.429. The van der Waals surface area contributed by atoms with Gasteiger partial charge in [0.05, 0.1) is 5.69 Å². The Morgan fingerprint density at radius 3 is 2.40 bits per heavy atom. The average molecular weight is 338 g/mol. The van der Waals surface area contributed by atoms with Crippen LogP contribution in [0.2, 0.25) is 0 Å². The molecule has 5 heteroatoms. The fraction of sp³-hybridized carbons (Fsp3) is 0.350. The fourth-order valence-electron chi connectivity index (χ4n) is 3.85. The molecule has 1 unspecified atom stereocenters. The number of carbonyl (C=O) groups is 1. The Hall–Kier alpha value is -2.53. The maximum absolute atomic E-state index is 12.4. The topological polar surface area (TPSA) is 61.8 Å². The summed E-state index contributed by atoms with van der Waals surface area (Å²) in [7, 11) is 0. The molecule has 3 fully saturated rings. The van der Waals surface area contributed by atoms with Crippen LogP contribution >= 0.6 is 0 Å². The molecule has 2 aromatic carbocycles. The van der Waals surface area contributed by atoms with Crippen molar-refractivity contribution >= 4 is 11.8 Å². The number of ether oxygens (including phenoxy) is 1. The van der Waals surface area contributed by atoms with Crippen molar-refractivity contribution < 1.29 is 14.6 Å². The van der Waals surface area contributed by atoms with Gasteiger partial charge in [0.25, 0.3) is 0 Å². The van der Waals surface area contributed by atoms with E-state index in [1.54, 1.807) is 12.1 Å². The third kappa shape index (κ3) is 3.33. The number of benzene rings is 2. The van der Waals surface area contributed by atoms with E-state index in [-0.39, 0.29) is 11.9 Å². The Morgan fingerprint density at radius 1 is 1.04 bits per heavy atom. The number of nitrogens with one attached hydrogen (secondary N) is 1. The van der Waals surface area contributed by atoms with Crippen LogP contribution in [0.25, 0.3) is 11.1 Å². The van der Waals surface area contributed by atoms with Crippen molar-refractivity contribution in [3.63, 3.8) is 0 Å². The van der Waals surface area contributed by atoms with E-state index >= 15 is 0 Å². The second kappa shape index (κ2) is 6.76. The molecule has 1 amide bonds. The van der Waals surface area contributed by atoms with E-state index in [0.29, 0.717) is 17.2 Å². The highest BCUT2D eigenvalue weighted by Gasteiger charge is 2.36. The monoisotopic (exact) mass is 338 g/mol. The molecule has 0 spiro atoms. The minimum Gasteiger partial charge on any atom is -0.507 e. The van der Waals surface area contributed by atoms with E-state index in [1.165, 1.54) is 0 Å². The molecular weight excluding hydrogens is 316 g/mol. The second-order valence-corrected chi connectivity index (χ2v) is 6.77. The SMILES string of the molecule is O=C(Nc1ccccc1-c1ccccc1O)OC1CN2CCC1CC2. The van der Waals surface area contributed by atoms with Gasteiger partial charge in [0.15, 0.2) is 0 Å². The van der Waals surface area contributed by atoms with Crippen LogP contribution in [0.1, 0.15) is 12.8 Å². The van der Waals surface area contributed by atoms with Crippen molar-refractivity contribution in [1.82, 2.24) is 4.90 Å². The molecule has 130 valence electrons. The minimum absolute atomic E-state index is 0.0280. The highest BCUT2D eigenvalue weighted by atomic mass is 16.6. The quantitative estimate of drug-likeness (QED) is 0.896. The zero-order valence-corrected chi connectivity index (χ0v) is 14.0. The number of amides is 1. The van der Waals surface area contributed by atoms with Crippen molar-refractivity contribution in [2.24, 2.45) is 5.92 Å². The number of hydrogen-bond donors (Lipinski definition) is 2. The maximum atomic E-state index is 12.4. The standard InChI is InChI=1S/C20H22N2O3/c23-18-8-4-2-6-16(18)15-5-1-3-7-17(15)21-20(24)25-19-13-22-11-9-14(19)10-12-22/h1-8,14,19,23H,9-13H2,(H,21,24). The van der Waals surface area contributed by atoms with Gasteiger partial charge in [0, 0.05) is 17.7 Å². The number of phenols is 1. The van der Waals surface area contributed by atoms with Crippen molar-refractivity contribution in [2.45, 2.75) is 18.9 Å². The number of aromatic hydroxyl groups is 1. The second-order valence-electron chi connectivity index (χ2n) is 6.77. The Balaban J connectivity index is 1.49.